The molecule has 0 aliphatic heterocycles. The third-order valence-electron chi connectivity index (χ3n) is 4.27. The summed E-state index contributed by atoms with van der Waals surface area (Å²) in [5, 5.41) is 3.17. The summed E-state index contributed by atoms with van der Waals surface area (Å²) in [5.41, 5.74) is 9.85. The average Bonchev–Trinajstić information content (AvgIpc) is 3.09. The van der Waals surface area contributed by atoms with Crippen LogP contribution in [0.25, 0.3) is 0 Å². The van der Waals surface area contributed by atoms with Gasteiger partial charge in [-0.1, -0.05) is 12.1 Å². The van der Waals surface area contributed by atoms with Gasteiger partial charge in [0.2, 0.25) is 0 Å². The number of guanidine groups is 1. The fraction of sp³-hybridized carbons (Fsp3) is 0.350. The minimum absolute atomic E-state index is 0. The second kappa shape index (κ2) is 10.3. The zero-order chi connectivity index (χ0) is 17.5. The third-order valence-corrected chi connectivity index (χ3v) is 4.27. The molecule has 0 heterocycles. The molecule has 0 unspecified atom stereocenters. The highest BCUT2D eigenvalue weighted by molar-refractivity contribution is 14.0. The molecule has 0 bridgehead atoms. The van der Waals surface area contributed by atoms with Gasteiger partial charge in [0.1, 0.15) is 11.5 Å². The van der Waals surface area contributed by atoms with Crippen LogP contribution in [0.15, 0.2) is 47.5 Å². The summed E-state index contributed by atoms with van der Waals surface area (Å²) in [6.45, 7) is 1.20. The predicted molar refractivity (Wildman–Crippen MR) is 117 cm³/mol. The van der Waals surface area contributed by atoms with Crippen LogP contribution in [-0.4, -0.2) is 26.2 Å². The van der Waals surface area contributed by atoms with Crippen molar-refractivity contribution < 1.29 is 9.47 Å². The van der Waals surface area contributed by atoms with Crippen LogP contribution in [0.3, 0.4) is 0 Å². The molecule has 0 spiro atoms. The second-order valence-electron chi connectivity index (χ2n) is 6.11. The van der Waals surface area contributed by atoms with E-state index in [9.17, 15) is 0 Å². The van der Waals surface area contributed by atoms with Crippen molar-refractivity contribution in [3.05, 3.63) is 53.6 Å². The van der Waals surface area contributed by atoms with Gasteiger partial charge in [0, 0.05) is 24.7 Å². The van der Waals surface area contributed by atoms with Gasteiger partial charge in [-0.05, 0) is 54.7 Å². The number of nitrogens with two attached hydrogens (primary N) is 1. The lowest BCUT2D eigenvalue weighted by atomic mass is 10.1. The lowest BCUT2D eigenvalue weighted by Crippen LogP contribution is -2.23. The predicted octanol–water partition coefficient (Wildman–Crippen LogP) is 4.00. The molecule has 0 fully saturated rings. The van der Waals surface area contributed by atoms with E-state index in [-0.39, 0.29) is 24.0 Å². The van der Waals surface area contributed by atoms with Gasteiger partial charge in [-0.25, -0.2) is 0 Å². The van der Waals surface area contributed by atoms with E-state index >= 15 is 0 Å². The minimum Gasteiger partial charge on any atom is -0.497 e. The van der Waals surface area contributed by atoms with Gasteiger partial charge in [-0.2, -0.15) is 0 Å². The fourth-order valence-electron chi connectivity index (χ4n) is 2.98. The molecule has 26 heavy (non-hydrogen) atoms. The van der Waals surface area contributed by atoms with Crippen LogP contribution >= 0.6 is 24.0 Å². The SMILES string of the molecule is COc1cccc(OCCCN=C(N)Nc2ccc3c(c2)CCC3)c1.I. The van der Waals surface area contributed by atoms with Crippen molar-refractivity contribution in [3.8, 4) is 11.5 Å². The first kappa shape index (κ1) is 20.4. The van der Waals surface area contributed by atoms with Gasteiger partial charge in [0.25, 0.3) is 0 Å². The van der Waals surface area contributed by atoms with Gasteiger partial charge in [0.15, 0.2) is 5.96 Å². The van der Waals surface area contributed by atoms with Crippen LogP contribution in [0.1, 0.15) is 24.0 Å². The molecule has 0 aromatic heterocycles. The number of rotatable bonds is 7. The highest BCUT2D eigenvalue weighted by atomic mass is 127. The van der Waals surface area contributed by atoms with E-state index < -0.39 is 0 Å². The molecule has 1 aliphatic carbocycles. The second-order valence-corrected chi connectivity index (χ2v) is 6.11. The van der Waals surface area contributed by atoms with E-state index in [1.807, 2.05) is 24.3 Å². The molecule has 5 nitrogen and oxygen atoms in total. The molecule has 6 heteroatoms. The van der Waals surface area contributed by atoms with Crippen molar-refractivity contribution >= 4 is 35.6 Å². The zero-order valence-electron chi connectivity index (χ0n) is 15.0. The van der Waals surface area contributed by atoms with Crippen molar-refractivity contribution in [2.45, 2.75) is 25.7 Å². The molecule has 2 aromatic rings. The number of nitrogens with one attached hydrogen (secondary N) is 1. The molecular formula is C20H26IN3O2. The Bertz CT molecular complexity index is 750. The van der Waals surface area contributed by atoms with Crippen LogP contribution in [0.5, 0.6) is 11.5 Å². The normalized spacial score (nSPS) is 12.9. The first-order valence-electron chi connectivity index (χ1n) is 8.70. The topological polar surface area (TPSA) is 68.9 Å². The van der Waals surface area contributed by atoms with Crippen molar-refractivity contribution in [2.24, 2.45) is 10.7 Å². The van der Waals surface area contributed by atoms with Gasteiger partial charge in [-0.3, -0.25) is 4.99 Å². The van der Waals surface area contributed by atoms with Crippen LogP contribution in [0.2, 0.25) is 0 Å². The van der Waals surface area contributed by atoms with Gasteiger partial charge < -0.3 is 20.5 Å². The minimum atomic E-state index is 0. The number of nitrogens with zero attached hydrogens (tertiary/aromatic N) is 1. The summed E-state index contributed by atoms with van der Waals surface area (Å²) in [6, 6.07) is 14.0. The van der Waals surface area contributed by atoms with Crippen molar-refractivity contribution in [2.75, 3.05) is 25.6 Å². The molecule has 3 rings (SSSR count). The van der Waals surface area contributed by atoms with E-state index in [0.717, 1.165) is 30.0 Å². The molecule has 0 saturated heterocycles. The Morgan fingerprint density at radius 3 is 2.77 bits per heavy atom. The summed E-state index contributed by atoms with van der Waals surface area (Å²) in [5.74, 6) is 2.03. The van der Waals surface area contributed by atoms with E-state index in [1.54, 1.807) is 7.11 Å². The van der Waals surface area contributed by atoms with E-state index in [4.69, 9.17) is 15.2 Å². The fourth-order valence-corrected chi connectivity index (χ4v) is 2.98. The number of anilines is 1. The first-order valence-corrected chi connectivity index (χ1v) is 8.70. The molecule has 0 radical (unpaired) electrons. The Morgan fingerprint density at radius 1 is 1.12 bits per heavy atom. The third kappa shape index (κ3) is 5.79. The molecule has 0 saturated carbocycles. The standard InChI is InChI=1S/C20H25N3O2.HI/c1-24-18-7-3-8-19(14-18)25-12-4-11-22-20(21)23-17-10-9-15-5-2-6-16(15)13-17;/h3,7-10,13-14H,2,4-6,11-12H2,1H3,(H3,21,22,23);1H. The molecule has 2 aromatic carbocycles. The quantitative estimate of drug-likeness (QED) is 0.280. The Balaban J connectivity index is 0.00000243. The lowest BCUT2D eigenvalue weighted by molar-refractivity contribution is 0.311. The van der Waals surface area contributed by atoms with Crippen molar-refractivity contribution in [1.82, 2.24) is 0 Å². The number of aryl methyl sites for hydroxylation is 2. The summed E-state index contributed by atoms with van der Waals surface area (Å²) >= 11 is 0. The maximum atomic E-state index is 5.96. The number of benzene rings is 2. The summed E-state index contributed by atoms with van der Waals surface area (Å²) < 4.78 is 10.9. The first-order chi connectivity index (χ1) is 12.2. The number of methoxy groups -OCH3 is 1. The van der Waals surface area contributed by atoms with Crippen LogP contribution in [-0.2, 0) is 12.8 Å². The summed E-state index contributed by atoms with van der Waals surface area (Å²) in [4.78, 5) is 4.36. The Hall–Kier alpha value is -1.96. The van der Waals surface area contributed by atoms with E-state index in [1.165, 1.54) is 24.0 Å². The van der Waals surface area contributed by atoms with E-state index in [2.05, 4.69) is 28.5 Å². The highest BCUT2D eigenvalue weighted by Gasteiger charge is 2.10. The number of hydrogen-bond donors (Lipinski definition) is 2. The highest BCUT2D eigenvalue weighted by Crippen LogP contribution is 2.24. The van der Waals surface area contributed by atoms with Gasteiger partial charge in [-0.15, -0.1) is 24.0 Å². The van der Waals surface area contributed by atoms with Gasteiger partial charge >= 0.3 is 0 Å². The monoisotopic (exact) mass is 467 g/mol. The maximum Gasteiger partial charge on any atom is 0.193 e. The Labute approximate surface area is 172 Å². The number of aliphatic imine (C=N–C) groups is 1. The molecule has 0 amide bonds. The zero-order valence-corrected chi connectivity index (χ0v) is 17.4. The van der Waals surface area contributed by atoms with E-state index in [0.29, 0.717) is 19.1 Å². The van der Waals surface area contributed by atoms with Crippen molar-refractivity contribution in [1.29, 1.82) is 0 Å². The number of fused-ring (bicyclic) bond motifs is 1. The van der Waals surface area contributed by atoms with Crippen molar-refractivity contribution in [3.63, 3.8) is 0 Å². The van der Waals surface area contributed by atoms with Crippen LogP contribution in [0, 0.1) is 0 Å². The Kier molecular flexibility index (Phi) is 8.03. The molecule has 140 valence electrons. The number of hydrogen-bond acceptors (Lipinski definition) is 3. The smallest absolute Gasteiger partial charge is 0.193 e. The Morgan fingerprint density at radius 2 is 1.92 bits per heavy atom. The maximum absolute atomic E-state index is 5.96. The lowest BCUT2D eigenvalue weighted by Gasteiger charge is -2.09. The van der Waals surface area contributed by atoms with Gasteiger partial charge in [0.05, 0.1) is 13.7 Å². The molecule has 0 atom stereocenters. The molecule has 3 N–H and O–H groups in total. The number of halogens is 1. The molecular weight excluding hydrogens is 441 g/mol. The van der Waals surface area contributed by atoms with Crippen LogP contribution in [0.4, 0.5) is 5.69 Å². The largest absolute Gasteiger partial charge is 0.497 e. The van der Waals surface area contributed by atoms with Crippen LogP contribution < -0.4 is 20.5 Å². The summed E-state index contributed by atoms with van der Waals surface area (Å²) in [6.07, 6.45) is 4.38. The summed E-state index contributed by atoms with van der Waals surface area (Å²) in [7, 11) is 1.64. The molecule has 1 aliphatic rings. The average molecular weight is 467 g/mol. The number of ether oxygens (including phenoxy) is 2.